The average molecular weight is 517 g/mol. The highest BCUT2D eigenvalue weighted by molar-refractivity contribution is 7.89. The van der Waals surface area contributed by atoms with Crippen LogP contribution in [0.1, 0.15) is 23.7 Å². The minimum Gasteiger partial charge on any atom is -0.491 e. The molecule has 8 nitrogen and oxygen atoms in total. The first-order chi connectivity index (χ1) is 16.5. The summed E-state index contributed by atoms with van der Waals surface area (Å²) in [6.07, 6.45) is -5.25. The molecule has 0 amide bonds. The fourth-order valence-corrected chi connectivity index (χ4v) is 5.02. The summed E-state index contributed by atoms with van der Waals surface area (Å²) >= 11 is 0. The largest absolute Gasteiger partial charge is 0.573 e. The zero-order valence-electron chi connectivity index (χ0n) is 19.1. The van der Waals surface area contributed by atoms with Crippen LogP contribution < -0.4 is 9.47 Å². The van der Waals surface area contributed by atoms with Gasteiger partial charge in [0, 0.05) is 44.7 Å². The van der Waals surface area contributed by atoms with Crippen molar-refractivity contribution in [3.05, 3.63) is 54.1 Å². The van der Waals surface area contributed by atoms with Crippen molar-refractivity contribution in [2.75, 3.05) is 39.3 Å². The number of carbonyl (C=O) groups is 1. The van der Waals surface area contributed by atoms with Gasteiger partial charge in [0.2, 0.25) is 10.0 Å². The minimum absolute atomic E-state index is 0.0326. The van der Waals surface area contributed by atoms with Gasteiger partial charge in [0.25, 0.3) is 0 Å². The van der Waals surface area contributed by atoms with Crippen molar-refractivity contribution in [1.82, 2.24) is 9.21 Å². The van der Waals surface area contributed by atoms with E-state index < -0.39 is 28.2 Å². The van der Waals surface area contributed by atoms with Gasteiger partial charge < -0.3 is 14.6 Å². The number of hydrogen-bond acceptors (Lipinski definition) is 7. The van der Waals surface area contributed by atoms with Crippen LogP contribution in [-0.4, -0.2) is 80.3 Å². The topological polar surface area (TPSA) is 96.4 Å². The van der Waals surface area contributed by atoms with Gasteiger partial charge in [-0.15, -0.1) is 13.2 Å². The van der Waals surface area contributed by atoms with Gasteiger partial charge in [0.05, 0.1) is 4.90 Å². The Morgan fingerprint density at radius 2 is 1.57 bits per heavy atom. The minimum atomic E-state index is -4.86. The Hall–Kier alpha value is -2.67. The van der Waals surface area contributed by atoms with E-state index in [1.165, 1.54) is 4.31 Å². The molecule has 35 heavy (non-hydrogen) atoms. The maximum atomic E-state index is 12.8. The van der Waals surface area contributed by atoms with Gasteiger partial charge in [-0.1, -0.05) is 6.92 Å². The SMILES string of the molecule is CCC(=O)c1ccc(OC[C@@H](O)CN2CCN(S(=O)(=O)c3ccc(OC(F)(F)F)cc3)CC2)cc1. The molecule has 1 N–H and O–H groups in total. The first kappa shape index (κ1) is 26.9. The lowest BCUT2D eigenvalue weighted by Gasteiger charge is -2.34. The predicted molar refractivity (Wildman–Crippen MR) is 121 cm³/mol. The van der Waals surface area contributed by atoms with Crippen LogP contribution in [0.5, 0.6) is 11.5 Å². The van der Waals surface area contributed by atoms with Crippen LogP contribution in [0.3, 0.4) is 0 Å². The fourth-order valence-electron chi connectivity index (χ4n) is 3.60. The molecule has 1 aliphatic rings. The maximum absolute atomic E-state index is 12.8. The van der Waals surface area contributed by atoms with Crippen LogP contribution in [0.25, 0.3) is 0 Å². The number of aliphatic hydroxyl groups is 1. The third-order valence-corrected chi connectivity index (χ3v) is 7.35. The molecular weight excluding hydrogens is 489 g/mol. The third kappa shape index (κ3) is 7.66. The van der Waals surface area contributed by atoms with E-state index in [4.69, 9.17) is 4.74 Å². The number of carbonyl (C=O) groups excluding carboxylic acids is 1. The van der Waals surface area contributed by atoms with Gasteiger partial charge in [-0.2, -0.15) is 4.31 Å². The fraction of sp³-hybridized carbons (Fsp3) is 0.435. The van der Waals surface area contributed by atoms with Gasteiger partial charge >= 0.3 is 6.36 Å². The van der Waals surface area contributed by atoms with Crippen molar-refractivity contribution in [1.29, 1.82) is 0 Å². The summed E-state index contributed by atoms with van der Waals surface area (Å²) in [5.41, 5.74) is 0.596. The molecule has 2 aromatic rings. The zero-order chi connectivity index (χ0) is 25.6. The number of ether oxygens (including phenoxy) is 2. The second kappa shape index (κ2) is 11.4. The highest BCUT2D eigenvalue weighted by Gasteiger charge is 2.32. The van der Waals surface area contributed by atoms with Gasteiger partial charge in [0.15, 0.2) is 5.78 Å². The Morgan fingerprint density at radius 3 is 2.11 bits per heavy atom. The molecule has 0 aromatic heterocycles. The van der Waals surface area contributed by atoms with Crippen molar-refractivity contribution in [3.63, 3.8) is 0 Å². The van der Waals surface area contributed by atoms with Gasteiger partial charge in [-0.05, 0) is 48.5 Å². The molecule has 1 fully saturated rings. The summed E-state index contributed by atoms with van der Waals surface area (Å²) in [7, 11) is -3.87. The monoisotopic (exact) mass is 516 g/mol. The Kier molecular flexibility index (Phi) is 8.75. The number of piperazine rings is 1. The number of alkyl halides is 3. The lowest BCUT2D eigenvalue weighted by Crippen LogP contribution is -2.50. The number of ketones is 1. The summed E-state index contributed by atoms with van der Waals surface area (Å²) in [4.78, 5) is 13.4. The number of rotatable bonds is 10. The van der Waals surface area contributed by atoms with Crippen LogP contribution in [0, 0.1) is 0 Å². The molecule has 0 unspecified atom stereocenters. The van der Waals surface area contributed by atoms with E-state index in [-0.39, 0.29) is 36.9 Å². The molecule has 0 saturated carbocycles. The Balaban J connectivity index is 1.46. The number of Topliss-reactive ketones (excluding diaryl/α,β-unsaturated/α-hetero) is 1. The van der Waals surface area contributed by atoms with Gasteiger partial charge in [-0.25, -0.2) is 8.42 Å². The third-order valence-electron chi connectivity index (χ3n) is 5.44. The first-order valence-corrected chi connectivity index (χ1v) is 12.4. The molecule has 2 aromatic carbocycles. The number of aliphatic hydroxyl groups excluding tert-OH is 1. The van der Waals surface area contributed by atoms with Crippen molar-refractivity contribution in [2.24, 2.45) is 0 Å². The first-order valence-electron chi connectivity index (χ1n) is 11.0. The average Bonchev–Trinajstić information content (AvgIpc) is 2.82. The summed E-state index contributed by atoms with van der Waals surface area (Å²) < 4.78 is 73.1. The van der Waals surface area contributed by atoms with E-state index in [9.17, 15) is 31.5 Å². The summed E-state index contributed by atoms with van der Waals surface area (Å²) in [6, 6.07) is 10.8. The van der Waals surface area contributed by atoms with Crippen LogP contribution >= 0.6 is 0 Å². The van der Waals surface area contributed by atoms with E-state index in [0.29, 0.717) is 30.8 Å². The highest BCUT2D eigenvalue weighted by Crippen LogP contribution is 2.25. The number of benzene rings is 2. The van der Waals surface area contributed by atoms with Gasteiger partial charge in [-0.3, -0.25) is 9.69 Å². The lowest BCUT2D eigenvalue weighted by molar-refractivity contribution is -0.274. The van der Waals surface area contributed by atoms with E-state index in [2.05, 4.69) is 4.74 Å². The molecule has 0 radical (unpaired) electrons. The van der Waals surface area contributed by atoms with Crippen LogP contribution in [0.4, 0.5) is 13.2 Å². The van der Waals surface area contributed by atoms with E-state index >= 15 is 0 Å². The molecule has 0 aliphatic carbocycles. The van der Waals surface area contributed by atoms with Crippen molar-refractivity contribution < 1.29 is 41.0 Å². The van der Waals surface area contributed by atoms with E-state index in [0.717, 1.165) is 24.3 Å². The van der Waals surface area contributed by atoms with Crippen LogP contribution in [0.2, 0.25) is 0 Å². The lowest BCUT2D eigenvalue weighted by atomic mass is 10.1. The number of nitrogens with zero attached hydrogens (tertiary/aromatic N) is 2. The van der Waals surface area contributed by atoms with Crippen molar-refractivity contribution in [2.45, 2.75) is 30.7 Å². The zero-order valence-corrected chi connectivity index (χ0v) is 19.9. The number of β-amino-alcohol motifs (C(OH)–C–C–N with tert-alkyl or cyclic N) is 1. The molecule has 0 spiro atoms. The Morgan fingerprint density at radius 1 is 1.00 bits per heavy atom. The summed E-state index contributed by atoms with van der Waals surface area (Å²) in [5.74, 6) is 0.0624. The summed E-state index contributed by atoms with van der Waals surface area (Å²) in [6.45, 7) is 3.19. The van der Waals surface area contributed by atoms with Crippen molar-refractivity contribution >= 4 is 15.8 Å². The smallest absolute Gasteiger partial charge is 0.491 e. The quantitative estimate of drug-likeness (QED) is 0.485. The predicted octanol–water partition coefficient (Wildman–Crippen LogP) is 2.92. The van der Waals surface area contributed by atoms with Crippen molar-refractivity contribution in [3.8, 4) is 11.5 Å². The molecule has 1 heterocycles. The Bertz CT molecular complexity index is 1080. The number of sulfonamides is 1. The van der Waals surface area contributed by atoms with E-state index in [1.807, 2.05) is 4.90 Å². The highest BCUT2D eigenvalue weighted by atomic mass is 32.2. The number of hydrogen-bond donors (Lipinski definition) is 1. The molecule has 0 bridgehead atoms. The van der Waals surface area contributed by atoms with Crippen LogP contribution in [-0.2, 0) is 10.0 Å². The van der Waals surface area contributed by atoms with E-state index in [1.54, 1.807) is 31.2 Å². The molecule has 12 heteroatoms. The second-order valence-electron chi connectivity index (χ2n) is 7.99. The Labute approximate surface area is 201 Å². The summed E-state index contributed by atoms with van der Waals surface area (Å²) in [5, 5.41) is 10.3. The van der Waals surface area contributed by atoms with Crippen LogP contribution in [0.15, 0.2) is 53.4 Å². The standard InChI is InChI=1S/C23H27F3N2O6S/c1-2-22(30)17-3-5-19(6-4-17)33-16-18(29)15-27-11-13-28(14-12-27)35(31,32)21-9-7-20(8-10-21)34-23(24,25)26/h3-10,18,29H,2,11-16H2,1H3/t18-/m0/s1. The number of halogens is 3. The normalized spacial score (nSPS) is 16.6. The molecular formula is C23H27F3N2O6S. The van der Waals surface area contributed by atoms with Gasteiger partial charge in [0.1, 0.15) is 24.2 Å². The molecule has 1 atom stereocenters. The maximum Gasteiger partial charge on any atom is 0.573 e. The second-order valence-corrected chi connectivity index (χ2v) is 9.93. The molecule has 1 saturated heterocycles. The molecule has 3 rings (SSSR count). The molecule has 1 aliphatic heterocycles. The molecule has 192 valence electrons.